The van der Waals surface area contributed by atoms with Crippen LogP contribution in [0.1, 0.15) is 23.6 Å². The van der Waals surface area contributed by atoms with Crippen LogP contribution in [0.15, 0.2) is 108 Å². The van der Waals surface area contributed by atoms with Crippen molar-refractivity contribution in [1.29, 1.82) is 0 Å². The average Bonchev–Trinajstić information content (AvgIpc) is 3.00. The zero-order valence-corrected chi connectivity index (χ0v) is 24.7. The van der Waals surface area contributed by atoms with Crippen molar-refractivity contribution in [3.05, 3.63) is 131 Å². The normalized spacial score (nSPS) is 11.9. The van der Waals surface area contributed by atoms with E-state index in [0.29, 0.717) is 12.1 Å². The number of hydrogen-bond donors (Lipinski definition) is 1. The van der Waals surface area contributed by atoms with Crippen LogP contribution in [0.5, 0.6) is 0 Å². The minimum Gasteiger partial charge on any atom is -0.355 e. The van der Waals surface area contributed by atoms with Gasteiger partial charge in [-0.15, -0.1) is 0 Å². The van der Waals surface area contributed by atoms with Gasteiger partial charge in [-0.25, -0.2) is 17.2 Å². The van der Waals surface area contributed by atoms with Crippen molar-refractivity contribution in [2.45, 2.75) is 37.8 Å². The number of aryl methyl sites for hydroxylation is 1. The van der Waals surface area contributed by atoms with Crippen LogP contribution in [0, 0.1) is 18.6 Å². The van der Waals surface area contributed by atoms with E-state index in [1.165, 1.54) is 29.2 Å². The van der Waals surface area contributed by atoms with Gasteiger partial charge in [0.2, 0.25) is 11.8 Å². The predicted molar refractivity (Wildman–Crippen MR) is 162 cm³/mol. The van der Waals surface area contributed by atoms with Crippen LogP contribution in [0.2, 0.25) is 0 Å². The van der Waals surface area contributed by atoms with Crippen LogP contribution in [0.3, 0.4) is 0 Å². The monoisotopic (exact) mass is 605 g/mol. The molecule has 0 aliphatic rings. The third kappa shape index (κ3) is 8.04. The predicted octanol–water partition coefficient (Wildman–Crippen LogP) is 5.24. The Labute approximate surface area is 250 Å². The number of halogens is 2. The number of nitrogens with zero attached hydrogens (tertiary/aromatic N) is 2. The molecule has 0 unspecified atom stereocenters. The van der Waals surface area contributed by atoms with Gasteiger partial charge in [0.1, 0.15) is 24.2 Å². The first kappa shape index (κ1) is 31.4. The van der Waals surface area contributed by atoms with Gasteiger partial charge in [0.15, 0.2) is 0 Å². The summed E-state index contributed by atoms with van der Waals surface area (Å²) in [6, 6.07) is 24.6. The molecule has 0 aromatic heterocycles. The second-order valence-corrected chi connectivity index (χ2v) is 11.9. The number of sulfonamides is 1. The summed E-state index contributed by atoms with van der Waals surface area (Å²) < 4.78 is 56.1. The Hall–Kier alpha value is -4.57. The summed E-state index contributed by atoms with van der Waals surface area (Å²) in [6.45, 7) is 3.20. The Kier molecular flexibility index (Phi) is 10.3. The number of benzene rings is 4. The largest absolute Gasteiger partial charge is 0.355 e. The Morgan fingerprint density at radius 1 is 0.791 bits per heavy atom. The molecule has 0 saturated carbocycles. The van der Waals surface area contributed by atoms with Crippen molar-refractivity contribution in [2.24, 2.45) is 0 Å². The lowest BCUT2D eigenvalue weighted by Crippen LogP contribution is -2.53. The highest BCUT2D eigenvalue weighted by molar-refractivity contribution is 7.92. The van der Waals surface area contributed by atoms with Crippen LogP contribution in [-0.2, 0) is 32.6 Å². The highest BCUT2D eigenvalue weighted by atomic mass is 32.2. The fourth-order valence-electron chi connectivity index (χ4n) is 4.61. The maximum Gasteiger partial charge on any atom is 0.264 e. The topological polar surface area (TPSA) is 86.8 Å². The minimum atomic E-state index is -4.34. The zero-order chi connectivity index (χ0) is 31.0. The molecule has 1 N–H and O–H groups in total. The van der Waals surface area contributed by atoms with Gasteiger partial charge in [-0.1, -0.05) is 60.2 Å². The summed E-state index contributed by atoms with van der Waals surface area (Å²) in [4.78, 5) is 28.8. The molecule has 0 aliphatic carbocycles. The fourth-order valence-corrected chi connectivity index (χ4v) is 6.02. The quantitative estimate of drug-likeness (QED) is 0.239. The second-order valence-electron chi connectivity index (χ2n) is 10.0. The molecule has 0 bridgehead atoms. The number of amides is 2. The van der Waals surface area contributed by atoms with Crippen molar-refractivity contribution in [3.63, 3.8) is 0 Å². The van der Waals surface area contributed by atoms with E-state index < -0.39 is 46.1 Å². The first-order chi connectivity index (χ1) is 20.6. The molecule has 0 heterocycles. The lowest BCUT2D eigenvalue weighted by Gasteiger charge is -2.33. The summed E-state index contributed by atoms with van der Waals surface area (Å²) in [6.07, 6.45) is 0.162. The van der Waals surface area contributed by atoms with E-state index in [0.717, 1.165) is 39.7 Å². The average molecular weight is 606 g/mol. The van der Waals surface area contributed by atoms with E-state index >= 15 is 0 Å². The maximum atomic E-state index is 14.2. The van der Waals surface area contributed by atoms with E-state index in [1.807, 2.05) is 37.3 Å². The molecule has 4 aromatic rings. The van der Waals surface area contributed by atoms with Gasteiger partial charge in [-0.05, 0) is 73.5 Å². The van der Waals surface area contributed by atoms with Gasteiger partial charge >= 0.3 is 0 Å². The number of nitrogens with one attached hydrogen (secondary N) is 1. The molecule has 4 rings (SSSR count). The molecular weight excluding hydrogens is 572 g/mol. The molecule has 0 radical (unpaired) electrons. The lowest BCUT2D eigenvalue weighted by molar-refractivity contribution is -0.140. The SMILES string of the molecule is CCNC(=O)[C@H](Cc1ccccc1)N(Cc1ccc(F)cc1)C(=O)CN(c1ccc(C)cc1)S(=O)(=O)c1ccc(F)cc1. The number of hydrogen-bond acceptors (Lipinski definition) is 4. The Morgan fingerprint density at radius 3 is 1.95 bits per heavy atom. The Bertz CT molecular complexity index is 1630. The first-order valence-electron chi connectivity index (χ1n) is 13.8. The molecule has 4 aromatic carbocycles. The zero-order valence-electron chi connectivity index (χ0n) is 23.9. The Morgan fingerprint density at radius 2 is 1.37 bits per heavy atom. The first-order valence-corrected chi connectivity index (χ1v) is 15.2. The van der Waals surface area contributed by atoms with Gasteiger partial charge in [-0.3, -0.25) is 13.9 Å². The van der Waals surface area contributed by atoms with E-state index in [4.69, 9.17) is 0 Å². The molecule has 43 heavy (non-hydrogen) atoms. The van der Waals surface area contributed by atoms with Gasteiger partial charge < -0.3 is 10.2 Å². The fraction of sp³-hybridized carbons (Fsp3) is 0.212. The third-order valence-electron chi connectivity index (χ3n) is 6.89. The maximum absolute atomic E-state index is 14.2. The van der Waals surface area contributed by atoms with Crippen LogP contribution >= 0.6 is 0 Å². The Balaban J connectivity index is 1.78. The standard InChI is InChI=1S/C33H33F2N3O4S/c1-3-36-33(40)31(21-25-7-5-4-6-8-25)37(22-26-11-13-27(34)14-12-26)32(39)23-38(29-17-9-24(2)10-18-29)43(41,42)30-19-15-28(35)16-20-30/h4-20,31H,3,21-23H2,1-2H3,(H,36,40)/t31-/m0/s1. The molecule has 0 spiro atoms. The van der Waals surface area contributed by atoms with Gasteiger partial charge in [0.05, 0.1) is 10.6 Å². The molecule has 2 amide bonds. The van der Waals surface area contributed by atoms with Crippen molar-refractivity contribution in [2.75, 3.05) is 17.4 Å². The van der Waals surface area contributed by atoms with Gasteiger partial charge in [0.25, 0.3) is 10.0 Å². The summed E-state index contributed by atoms with van der Waals surface area (Å²) >= 11 is 0. The van der Waals surface area contributed by atoms with E-state index in [1.54, 1.807) is 31.2 Å². The van der Waals surface area contributed by atoms with Crippen molar-refractivity contribution in [3.8, 4) is 0 Å². The van der Waals surface area contributed by atoms with Gasteiger partial charge in [0, 0.05) is 19.5 Å². The third-order valence-corrected chi connectivity index (χ3v) is 8.68. The molecule has 1 atom stereocenters. The highest BCUT2D eigenvalue weighted by Gasteiger charge is 2.34. The summed E-state index contributed by atoms with van der Waals surface area (Å²) in [5.41, 5.74) is 2.46. The van der Waals surface area contributed by atoms with Crippen molar-refractivity contribution in [1.82, 2.24) is 10.2 Å². The van der Waals surface area contributed by atoms with Crippen LogP contribution in [0.4, 0.5) is 14.5 Å². The molecule has 224 valence electrons. The summed E-state index contributed by atoms with van der Waals surface area (Å²) in [7, 11) is -4.34. The number of likely N-dealkylation sites (N-methyl/N-ethyl adjacent to an activating group) is 1. The molecule has 0 aliphatic heterocycles. The highest BCUT2D eigenvalue weighted by Crippen LogP contribution is 2.26. The lowest BCUT2D eigenvalue weighted by atomic mass is 10.0. The smallest absolute Gasteiger partial charge is 0.264 e. The molecule has 10 heteroatoms. The van der Waals surface area contributed by atoms with Crippen molar-refractivity contribution < 1.29 is 26.8 Å². The molecular formula is C33H33F2N3O4S. The number of rotatable bonds is 12. The summed E-state index contributed by atoms with van der Waals surface area (Å²) in [5.74, 6) is -2.12. The van der Waals surface area contributed by atoms with Crippen molar-refractivity contribution >= 4 is 27.5 Å². The molecule has 0 saturated heterocycles. The number of carbonyl (C=O) groups is 2. The molecule has 0 fully saturated rings. The van der Waals surface area contributed by atoms with Crippen LogP contribution in [0.25, 0.3) is 0 Å². The van der Waals surface area contributed by atoms with Crippen LogP contribution < -0.4 is 9.62 Å². The minimum absolute atomic E-state index is 0.0773. The van der Waals surface area contributed by atoms with E-state index in [-0.39, 0.29) is 23.5 Å². The number of anilines is 1. The van der Waals surface area contributed by atoms with Crippen LogP contribution in [-0.4, -0.2) is 44.3 Å². The van der Waals surface area contributed by atoms with E-state index in [9.17, 15) is 26.8 Å². The van der Waals surface area contributed by atoms with Gasteiger partial charge in [-0.2, -0.15) is 0 Å². The molecule has 7 nitrogen and oxygen atoms in total. The summed E-state index contributed by atoms with van der Waals surface area (Å²) in [5, 5.41) is 2.79. The second kappa shape index (κ2) is 14.1. The number of carbonyl (C=O) groups excluding carboxylic acids is 2. The van der Waals surface area contributed by atoms with E-state index in [2.05, 4.69) is 5.32 Å².